The van der Waals surface area contributed by atoms with Gasteiger partial charge >= 0.3 is 0 Å². The van der Waals surface area contributed by atoms with Gasteiger partial charge in [0.2, 0.25) is 15.9 Å². The summed E-state index contributed by atoms with van der Waals surface area (Å²) in [6.45, 7) is 0.603. The normalized spacial score (nSPS) is 11.2. The van der Waals surface area contributed by atoms with Crippen LogP contribution in [-0.4, -0.2) is 27.3 Å². The van der Waals surface area contributed by atoms with E-state index in [-0.39, 0.29) is 23.1 Å². The van der Waals surface area contributed by atoms with Crippen LogP contribution in [0.5, 0.6) is 0 Å². The van der Waals surface area contributed by atoms with E-state index in [1.54, 1.807) is 48.7 Å². The number of aryl methyl sites for hydroxylation is 1. The van der Waals surface area contributed by atoms with Crippen molar-refractivity contribution in [2.45, 2.75) is 30.8 Å². The fourth-order valence-electron chi connectivity index (χ4n) is 3.01. The molecule has 2 aromatic carbocycles. The zero-order chi connectivity index (χ0) is 23.0. The Morgan fingerprint density at radius 2 is 1.69 bits per heavy atom. The number of amides is 2. The smallest absolute Gasteiger partial charge is 0.251 e. The van der Waals surface area contributed by atoms with Crippen LogP contribution < -0.4 is 15.4 Å². The Kier molecular flexibility index (Phi) is 7.80. The SMILES string of the molecule is CNS(=O)(=O)c1ccc(CCC(=O)NCc2cccc(C(=O)NCc3ccco3)c2)cc1. The highest BCUT2D eigenvalue weighted by molar-refractivity contribution is 7.89. The molecule has 0 radical (unpaired) electrons. The molecule has 0 bridgehead atoms. The molecular formula is C23H25N3O5S. The fraction of sp³-hybridized carbons (Fsp3) is 0.217. The predicted octanol–water partition coefficient (Wildman–Crippen LogP) is 2.37. The minimum atomic E-state index is -3.47. The first-order valence-electron chi connectivity index (χ1n) is 10.1. The third-order valence-corrected chi connectivity index (χ3v) is 6.26. The minimum absolute atomic E-state index is 0.135. The second kappa shape index (κ2) is 10.7. The van der Waals surface area contributed by atoms with Gasteiger partial charge in [0, 0.05) is 18.5 Å². The van der Waals surface area contributed by atoms with Crippen LogP contribution in [0.3, 0.4) is 0 Å². The van der Waals surface area contributed by atoms with Crippen molar-refractivity contribution in [1.82, 2.24) is 15.4 Å². The highest BCUT2D eigenvalue weighted by Gasteiger charge is 2.11. The summed E-state index contributed by atoms with van der Waals surface area (Å²) in [6.07, 6.45) is 2.30. The summed E-state index contributed by atoms with van der Waals surface area (Å²) in [7, 11) is -2.12. The number of hydrogen-bond acceptors (Lipinski definition) is 5. The highest BCUT2D eigenvalue weighted by Crippen LogP contribution is 2.12. The van der Waals surface area contributed by atoms with E-state index in [9.17, 15) is 18.0 Å². The predicted molar refractivity (Wildman–Crippen MR) is 119 cm³/mol. The van der Waals surface area contributed by atoms with Gasteiger partial charge in [-0.15, -0.1) is 0 Å². The molecule has 0 atom stereocenters. The second-order valence-corrected chi connectivity index (χ2v) is 8.98. The average Bonchev–Trinajstić information content (AvgIpc) is 3.34. The number of carbonyl (C=O) groups is 2. The lowest BCUT2D eigenvalue weighted by Gasteiger charge is -2.08. The van der Waals surface area contributed by atoms with Crippen LogP contribution in [0, 0.1) is 0 Å². The van der Waals surface area contributed by atoms with E-state index in [4.69, 9.17) is 4.42 Å². The molecule has 0 saturated carbocycles. The monoisotopic (exact) mass is 455 g/mol. The third kappa shape index (κ3) is 6.53. The Labute approximate surface area is 187 Å². The first-order chi connectivity index (χ1) is 15.4. The van der Waals surface area contributed by atoms with Crippen LogP contribution in [0.25, 0.3) is 0 Å². The lowest BCUT2D eigenvalue weighted by molar-refractivity contribution is -0.121. The molecule has 1 heterocycles. The van der Waals surface area contributed by atoms with Crippen molar-refractivity contribution < 1.29 is 22.4 Å². The molecule has 0 unspecified atom stereocenters. The number of sulfonamides is 1. The average molecular weight is 456 g/mol. The lowest BCUT2D eigenvalue weighted by atomic mass is 10.1. The summed E-state index contributed by atoms with van der Waals surface area (Å²) in [5.41, 5.74) is 2.18. The Balaban J connectivity index is 1.46. The summed E-state index contributed by atoms with van der Waals surface area (Å²) < 4.78 is 31.0. The molecule has 9 heteroatoms. The van der Waals surface area contributed by atoms with Gasteiger partial charge in [-0.1, -0.05) is 24.3 Å². The summed E-state index contributed by atoms with van der Waals surface area (Å²) in [5, 5.41) is 5.63. The van der Waals surface area contributed by atoms with E-state index in [0.29, 0.717) is 30.8 Å². The number of furan rings is 1. The lowest BCUT2D eigenvalue weighted by Crippen LogP contribution is -2.24. The number of carbonyl (C=O) groups excluding carboxylic acids is 2. The Bertz CT molecular complexity index is 1160. The Morgan fingerprint density at radius 3 is 2.38 bits per heavy atom. The van der Waals surface area contributed by atoms with E-state index in [1.165, 1.54) is 19.2 Å². The van der Waals surface area contributed by atoms with Crippen molar-refractivity contribution in [3.8, 4) is 0 Å². The molecule has 168 valence electrons. The molecule has 3 N–H and O–H groups in total. The van der Waals surface area contributed by atoms with Crippen LogP contribution in [0.15, 0.2) is 76.2 Å². The van der Waals surface area contributed by atoms with Crippen molar-refractivity contribution in [3.63, 3.8) is 0 Å². The number of rotatable bonds is 10. The van der Waals surface area contributed by atoms with Crippen LogP contribution in [0.1, 0.15) is 33.7 Å². The summed E-state index contributed by atoms with van der Waals surface area (Å²) in [5.74, 6) is 0.308. The molecule has 32 heavy (non-hydrogen) atoms. The summed E-state index contributed by atoms with van der Waals surface area (Å²) in [4.78, 5) is 24.7. The molecule has 0 aliphatic rings. The van der Waals surface area contributed by atoms with Gasteiger partial charge in [0.15, 0.2) is 0 Å². The molecule has 3 rings (SSSR count). The molecule has 0 fully saturated rings. The molecule has 3 aromatic rings. The van der Waals surface area contributed by atoms with Crippen molar-refractivity contribution >= 4 is 21.8 Å². The molecule has 1 aromatic heterocycles. The van der Waals surface area contributed by atoms with E-state index in [1.807, 2.05) is 6.07 Å². The summed E-state index contributed by atoms with van der Waals surface area (Å²) in [6, 6.07) is 17.0. The third-order valence-electron chi connectivity index (χ3n) is 4.83. The first-order valence-corrected chi connectivity index (χ1v) is 11.5. The van der Waals surface area contributed by atoms with Crippen LogP contribution >= 0.6 is 0 Å². The van der Waals surface area contributed by atoms with Crippen molar-refractivity contribution in [2.75, 3.05) is 7.05 Å². The zero-order valence-corrected chi connectivity index (χ0v) is 18.4. The number of hydrogen-bond donors (Lipinski definition) is 3. The Morgan fingerprint density at radius 1 is 0.906 bits per heavy atom. The van der Waals surface area contributed by atoms with Gasteiger partial charge in [-0.2, -0.15) is 0 Å². The largest absolute Gasteiger partial charge is 0.467 e. The minimum Gasteiger partial charge on any atom is -0.467 e. The van der Waals surface area contributed by atoms with Gasteiger partial charge in [-0.3, -0.25) is 9.59 Å². The van der Waals surface area contributed by atoms with Crippen LogP contribution in [-0.2, 0) is 34.3 Å². The van der Waals surface area contributed by atoms with Gasteiger partial charge in [0.1, 0.15) is 5.76 Å². The zero-order valence-electron chi connectivity index (χ0n) is 17.6. The van der Waals surface area contributed by atoms with Crippen LogP contribution in [0.2, 0.25) is 0 Å². The molecule has 8 nitrogen and oxygen atoms in total. The van der Waals surface area contributed by atoms with Crippen LogP contribution in [0.4, 0.5) is 0 Å². The van der Waals surface area contributed by atoms with E-state index >= 15 is 0 Å². The maximum atomic E-state index is 12.3. The van der Waals surface area contributed by atoms with Gasteiger partial charge in [0.25, 0.3) is 5.91 Å². The standard InChI is InChI=1S/C23H25N3O5S/c1-24-32(29,30)21-10-7-17(8-11-21)9-12-22(27)25-15-18-4-2-5-19(14-18)23(28)26-16-20-6-3-13-31-20/h2-8,10-11,13-14,24H,9,12,15-16H2,1H3,(H,25,27)(H,26,28). The van der Waals surface area contributed by atoms with Gasteiger partial charge < -0.3 is 15.1 Å². The molecular weight excluding hydrogens is 430 g/mol. The summed E-state index contributed by atoms with van der Waals surface area (Å²) >= 11 is 0. The topological polar surface area (TPSA) is 118 Å². The molecule has 0 spiro atoms. The first kappa shape index (κ1) is 23.2. The number of benzene rings is 2. The van der Waals surface area contributed by atoms with Crippen molar-refractivity contribution in [2.24, 2.45) is 0 Å². The second-order valence-electron chi connectivity index (χ2n) is 7.09. The fourth-order valence-corrected chi connectivity index (χ4v) is 3.74. The Hall–Kier alpha value is -3.43. The van der Waals surface area contributed by atoms with E-state index in [2.05, 4.69) is 15.4 Å². The number of nitrogens with one attached hydrogen (secondary N) is 3. The highest BCUT2D eigenvalue weighted by atomic mass is 32.2. The molecule has 0 aliphatic carbocycles. The van der Waals surface area contributed by atoms with E-state index < -0.39 is 10.0 Å². The van der Waals surface area contributed by atoms with Gasteiger partial charge in [-0.05, 0) is 61.0 Å². The maximum Gasteiger partial charge on any atom is 0.251 e. The van der Waals surface area contributed by atoms with Crippen molar-refractivity contribution in [3.05, 3.63) is 89.4 Å². The quantitative estimate of drug-likeness (QED) is 0.434. The van der Waals surface area contributed by atoms with E-state index in [0.717, 1.165) is 11.1 Å². The van der Waals surface area contributed by atoms with Crippen molar-refractivity contribution in [1.29, 1.82) is 0 Å². The molecule has 0 aliphatic heterocycles. The molecule has 2 amide bonds. The maximum absolute atomic E-state index is 12.3. The van der Waals surface area contributed by atoms with Gasteiger partial charge in [-0.25, -0.2) is 13.1 Å². The molecule has 0 saturated heterocycles. The van der Waals surface area contributed by atoms with Gasteiger partial charge in [0.05, 0.1) is 17.7 Å².